The van der Waals surface area contributed by atoms with Crippen LogP contribution >= 0.6 is 0 Å². The number of methoxy groups -OCH3 is 1. The Labute approximate surface area is 114 Å². The van der Waals surface area contributed by atoms with Gasteiger partial charge in [-0.2, -0.15) is 0 Å². The molecular weight excluding hydrogens is 238 g/mol. The molecule has 1 saturated heterocycles. The molecule has 100 valence electrons. The van der Waals surface area contributed by atoms with Crippen molar-refractivity contribution in [2.75, 3.05) is 7.11 Å². The van der Waals surface area contributed by atoms with Gasteiger partial charge in [0.15, 0.2) is 0 Å². The molecule has 1 fully saturated rings. The maximum Gasteiger partial charge on any atom is 0.232 e. The summed E-state index contributed by atoms with van der Waals surface area (Å²) in [5.74, 6) is 2.58. The molecule has 1 aliphatic rings. The van der Waals surface area contributed by atoms with E-state index >= 15 is 0 Å². The summed E-state index contributed by atoms with van der Waals surface area (Å²) in [5, 5.41) is 0. The molecule has 0 N–H and O–H groups in total. The van der Waals surface area contributed by atoms with Crippen LogP contribution in [0, 0.1) is 18.3 Å². The lowest BCUT2D eigenvalue weighted by Gasteiger charge is -2.49. The van der Waals surface area contributed by atoms with Crippen LogP contribution in [0.5, 0.6) is 0 Å². The van der Waals surface area contributed by atoms with Crippen LogP contribution in [0.15, 0.2) is 30.3 Å². The van der Waals surface area contributed by atoms with Gasteiger partial charge < -0.3 is 9.64 Å². The zero-order chi connectivity index (χ0) is 14.0. The number of ether oxygens (including phenoxy) is 1. The van der Waals surface area contributed by atoms with Gasteiger partial charge in [-0.15, -0.1) is 6.42 Å². The van der Waals surface area contributed by atoms with Gasteiger partial charge >= 0.3 is 0 Å². The fourth-order valence-electron chi connectivity index (χ4n) is 2.65. The Kier molecular flexibility index (Phi) is 3.92. The largest absolute Gasteiger partial charge is 0.381 e. The first-order valence-corrected chi connectivity index (χ1v) is 6.47. The SMILES string of the molecule is C#C[C@@H]1[C@H](C(C)OC)C(=O)N1[C@H](C)c1ccccc1. The van der Waals surface area contributed by atoms with E-state index in [1.807, 2.05) is 44.2 Å². The fourth-order valence-corrected chi connectivity index (χ4v) is 2.65. The van der Waals surface area contributed by atoms with Crippen molar-refractivity contribution in [1.82, 2.24) is 4.90 Å². The molecule has 0 bridgehead atoms. The maximum absolute atomic E-state index is 12.3. The molecule has 1 unspecified atom stereocenters. The Bertz CT molecular complexity index is 491. The van der Waals surface area contributed by atoms with Crippen molar-refractivity contribution >= 4 is 5.91 Å². The fraction of sp³-hybridized carbons (Fsp3) is 0.438. The number of terminal acetylenes is 1. The molecule has 1 heterocycles. The lowest BCUT2D eigenvalue weighted by Crippen LogP contribution is -2.64. The number of carbonyl (C=O) groups is 1. The third kappa shape index (κ3) is 2.24. The van der Waals surface area contributed by atoms with Crippen molar-refractivity contribution in [3.8, 4) is 12.3 Å². The summed E-state index contributed by atoms with van der Waals surface area (Å²) >= 11 is 0. The van der Waals surface area contributed by atoms with E-state index in [9.17, 15) is 4.79 Å². The first-order chi connectivity index (χ1) is 9.11. The molecule has 0 radical (unpaired) electrons. The molecule has 4 atom stereocenters. The highest BCUT2D eigenvalue weighted by atomic mass is 16.5. The Hall–Kier alpha value is -1.79. The topological polar surface area (TPSA) is 29.5 Å². The zero-order valence-corrected chi connectivity index (χ0v) is 11.5. The second kappa shape index (κ2) is 5.46. The van der Waals surface area contributed by atoms with Crippen LogP contribution in [-0.4, -0.2) is 30.1 Å². The monoisotopic (exact) mass is 257 g/mol. The average Bonchev–Trinajstić information content (AvgIpc) is 2.45. The standard InChI is InChI=1S/C16H19NO2/c1-5-14-15(12(3)19-4)16(18)17(14)11(2)13-9-7-6-8-10-13/h1,6-12,14-15H,2-4H3/t11-,12?,14-,15+/m1/s1. The number of likely N-dealkylation sites (tertiary alicyclic amines) is 1. The van der Waals surface area contributed by atoms with E-state index in [1.54, 1.807) is 12.0 Å². The molecule has 3 heteroatoms. The highest BCUT2D eigenvalue weighted by molar-refractivity contribution is 5.88. The lowest BCUT2D eigenvalue weighted by atomic mass is 9.81. The summed E-state index contributed by atoms with van der Waals surface area (Å²) in [6.45, 7) is 3.89. The van der Waals surface area contributed by atoms with E-state index in [2.05, 4.69) is 5.92 Å². The van der Waals surface area contributed by atoms with Gasteiger partial charge in [0.2, 0.25) is 5.91 Å². The molecule has 0 spiro atoms. The summed E-state index contributed by atoms with van der Waals surface area (Å²) in [4.78, 5) is 14.1. The highest BCUT2D eigenvalue weighted by Gasteiger charge is 2.51. The molecule has 1 amide bonds. The molecule has 0 aromatic heterocycles. The van der Waals surface area contributed by atoms with Crippen LogP contribution in [0.2, 0.25) is 0 Å². The minimum absolute atomic E-state index is 0.00458. The summed E-state index contributed by atoms with van der Waals surface area (Å²) in [6, 6.07) is 9.74. The van der Waals surface area contributed by atoms with Crippen LogP contribution in [0.1, 0.15) is 25.5 Å². The second-order valence-electron chi connectivity index (χ2n) is 4.91. The Balaban J connectivity index is 2.19. The minimum Gasteiger partial charge on any atom is -0.381 e. The van der Waals surface area contributed by atoms with Gasteiger partial charge in [-0.25, -0.2) is 0 Å². The Morgan fingerprint density at radius 3 is 2.47 bits per heavy atom. The van der Waals surface area contributed by atoms with Crippen molar-refractivity contribution in [2.45, 2.75) is 32.0 Å². The molecular formula is C16H19NO2. The van der Waals surface area contributed by atoms with Crippen molar-refractivity contribution in [1.29, 1.82) is 0 Å². The minimum atomic E-state index is -0.221. The van der Waals surface area contributed by atoms with Gasteiger partial charge in [-0.3, -0.25) is 4.79 Å². The summed E-state index contributed by atoms with van der Waals surface area (Å²) in [7, 11) is 1.61. The smallest absolute Gasteiger partial charge is 0.232 e. The van der Waals surface area contributed by atoms with Gasteiger partial charge in [-0.1, -0.05) is 36.3 Å². The van der Waals surface area contributed by atoms with Gasteiger partial charge in [-0.05, 0) is 19.4 Å². The van der Waals surface area contributed by atoms with Crippen LogP contribution in [0.25, 0.3) is 0 Å². The molecule has 0 saturated carbocycles. The van der Waals surface area contributed by atoms with Crippen LogP contribution in [-0.2, 0) is 9.53 Å². The van der Waals surface area contributed by atoms with Crippen molar-refractivity contribution in [3.05, 3.63) is 35.9 Å². The summed E-state index contributed by atoms with van der Waals surface area (Å²) in [5.41, 5.74) is 1.10. The van der Waals surface area contributed by atoms with E-state index in [0.717, 1.165) is 5.56 Å². The van der Waals surface area contributed by atoms with Crippen LogP contribution < -0.4 is 0 Å². The van der Waals surface area contributed by atoms with Crippen LogP contribution in [0.4, 0.5) is 0 Å². The molecule has 1 aromatic rings. The zero-order valence-electron chi connectivity index (χ0n) is 11.5. The first kappa shape index (κ1) is 13.6. The van der Waals surface area contributed by atoms with Crippen LogP contribution in [0.3, 0.4) is 0 Å². The number of hydrogen-bond donors (Lipinski definition) is 0. The Morgan fingerprint density at radius 1 is 1.32 bits per heavy atom. The predicted octanol–water partition coefficient (Wildman–Crippen LogP) is 2.24. The van der Waals surface area contributed by atoms with Crippen molar-refractivity contribution in [3.63, 3.8) is 0 Å². The maximum atomic E-state index is 12.3. The normalized spacial score (nSPS) is 25.4. The van der Waals surface area contributed by atoms with E-state index in [0.29, 0.717) is 0 Å². The number of nitrogens with zero attached hydrogens (tertiary/aromatic N) is 1. The molecule has 1 aliphatic heterocycles. The number of hydrogen-bond acceptors (Lipinski definition) is 2. The van der Waals surface area contributed by atoms with Gasteiger partial charge in [0.05, 0.1) is 18.1 Å². The number of benzene rings is 1. The quantitative estimate of drug-likeness (QED) is 0.611. The molecule has 1 aromatic carbocycles. The van der Waals surface area contributed by atoms with Crippen molar-refractivity contribution in [2.24, 2.45) is 5.92 Å². The number of carbonyl (C=O) groups excluding carboxylic acids is 1. The number of amides is 1. The van der Waals surface area contributed by atoms with E-state index in [-0.39, 0.29) is 30.0 Å². The lowest BCUT2D eigenvalue weighted by molar-refractivity contribution is -0.165. The molecule has 19 heavy (non-hydrogen) atoms. The molecule has 3 nitrogen and oxygen atoms in total. The Morgan fingerprint density at radius 2 is 1.95 bits per heavy atom. The van der Waals surface area contributed by atoms with E-state index in [4.69, 9.17) is 11.2 Å². The van der Waals surface area contributed by atoms with Gasteiger partial charge in [0.1, 0.15) is 6.04 Å². The third-order valence-electron chi connectivity index (χ3n) is 3.93. The van der Waals surface area contributed by atoms with Gasteiger partial charge in [0.25, 0.3) is 0 Å². The molecule has 2 rings (SSSR count). The second-order valence-corrected chi connectivity index (χ2v) is 4.91. The predicted molar refractivity (Wildman–Crippen MR) is 74.3 cm³/mol. The first-order valence-electron chi connectivity index (χ1n) is 6.47. The van der Waals surface area contributed by atoms with Gasteiger partial charge in [0, 0.05) is 7.11 Å². The van der Waals surface area contributed by atoms with E-state index in [1.165, 1.54) is 0 Å². The summed E-state index contributed by atoms with van der Waals surface area (Å²) in [6.07, 6.45) is 5.44. The number of rotatable bonds is 4. The third-order valence-corrected chi connectivity index (χ3v) is 3.93. The summed E-state index contributed by atoms with van der Waals surface area (Å²) < 4.78 is 5.25. The molecule has 0 aliphatic carbocycles. The highest BCUT2D eigenvalue weighted by Crippen LogP contribution is 2.37. The van der Waals surface area contributed by atoms with Crippen molar-refractivity contribution < 1.29 is 9.53 Å². The average molecular weight is 257 g/mol. The number of β-lactam (4-membered cyclic amide) rings is 1. The van der Waals surface area contributed by atoms with E-state index < -0.39 is 0 Å².